The first-order valence-corrected chi connectivity index (χ1v) is 8.35. The van der Waals surface area contributed by atoms with Crippen molar-refractivity contribution in [1.82, 2.24) is 15.2 Å². The standard InChI is InChI=1S/C19H24N4O/c1-14-6-7-17(15(2)22-14)11-21-18-5-3-4-16(10-18)12-23-9-8-20-19(24)13-23/h3-7,10,21H,8-9,11-13H2,1-2H3,(H,20,24). The van der Waals surface area contributed by atoms with Crippen LogP contribution in [0.2, 0.25) is 0 Å². The molecule has 1 aliphatic rings. The summed E-state index contributed by atoms with van der Waals surface area (Å²) in [7, 11) is 0. The minimum Gasteiger partial charge on any atom is -0.381 e. The van der Waals surface area contributed by atoms with Gasteiger partial charge in [-0.1, -0.05) is 18.2 Å². The van der Waals surface area contributed by atoms with E-state index >= 15 is 0 Å². The van der Waals surface area contributed by atoms with Crippen molar-refractivity contribution < 1.29 is 4.79 Å². The Labute approximate surface area is 143 Å². The molecule has 0 spiro atoms. The van der Waals surface area contributed by atoms with Gasteiger partial charge in [0.15, 0.2) is 0 Å². The summed E-state index contributed by atoms with van der Waals surface area (Å²) in [6.07, 6.45) is 0. The van der Waals surface area contributed by atoms with Gasteiger partial charge in [0, 0.05) is 43.3 Å². The molecule has 2 N–H and O–H groups in total. The molecule has 1 saturated heterocycles. The van der Waals surface area contributed by atoms with Crippen molar-refractivity contribution in [1.29, 1.82) is 0 Å². The average Bonchev–Trinajstić information content (AvgIpc) is 2.54. The number of hydrogen-bond donors (Lipinski definition) is 2. The van der Waals surface area contributed by atoms with Crippen LogP contribution in [0.25, 0.3) is 0 Å². The fourth-order valence-corrected chi connectivity index (χ4v) is 2.96. The number of carbonyl (C=O) groups is 1. The lowest BCUT2D eigenvalue weighted by Gasteiger charge is -2.26. The summed E-state index contributed by atoms with van der Waals surface area (Å²) in [6.45, 7) is 7.72. The molecular weight excluding hydrogens is 300 g/mol. The second-order valence-corrected chi connectivity index (χ2v) is 6.31. The number of amides is 1. The van der Waals surface area contributed by atoms with Gasteiger partial charge in [0.1, 0.15) is 0 Å². The molecule has 0 radical (unpaired) electrons. The van der Waals surface area contributed by atoms with Gasteiger partial charge in [0.25, 0.3) is 0 Å². The van der Waals surface area contributed by atoms with Crippen LogP contribution in [-0.2, 0) is 17.9 Å². The van der Waals surface area contributed by atoms with Crippen molar-refractivity contribution in [2.75, 3.05) is 25.0 Å². The highest BCUT2D eigenvalue weighted by molar-refractivity contribution is 5.78. The lowest BCUT2D eigenvalue weighted by Crippen LogP contribution is -2.47. The summed E-state index contributed by atoms with van der Waals surface area (Å²) in [6, 6.07) is 12.6. The number of rotatable bonds is 5. The number of carbonyl (C=O) groups excluding carboxylic acids is 1. The first-order valence-electron chi connectivity index (χ1n) is 8.35. The Bertz CT molecular complexity index is 729. The van der Waals surface area contributed by atoms with E-state index in [1.807, 2.05) is 19.9 Å². The third kappa shape index (κ3) is 4.32. The molecule has 24 heavy (non-hydrogen) atoms. The Morgan fingerprint density at radius 3 is 2.92 bits per heavy atom. The van der Waals surface area contributed by atoms with Gasteiger partial charge in [-0.25, -0.2) is 0 Å². The molecule has 0 atom stereocenters. The van der Waals surface area contributed by atoms with E-state index in [1.165, 1.54) is 11.1 Å². The SMILES string of the molecule is Cc1ccc(CNc2cccc(CN3CCNC(=O)C3)c2)c(C)n1. The number of benzene rings is 1. The summed E-state index contributed by atoms with van der Waals surface area (Å²) in [4.78, 5) is 18.2. The molecular formula is C19H24N4O. The third-order valence-electron chi connectivity index (χ3n) is 4.27. The monoisotopic (exact) mass is 324 g/mol. The predicted octanol–water partition coefficient (Wildman–Crippen LogP) is 2.24. The maximum absolute atomic E-state index is 11.5. The van der Waals surface area contributed by atoms with E-state index in [4.69, 9.17) is 0 Å². The quantitative estimate of drug-likeness (QED) is 0.886. The van der Waals surface area contributed by atoms with Crippen LogP contribution in [-0.4, -0.2) is 35.4 Å². The Hall–Kier alpha value is -2.40. The zero-order valence-corrected chi connectivity index (χ0v) is 14.3. The number of nitrogens with zero attached hydrogens (tertiary/aromatic N) is 2. The number of aryl methyl sites for hydroxylation is 2. The highest BCUT2D eigenvalue weighted by Gasteiger charge is 2.15. The normalized spacial score (nSPS) is 15.2. The molecule has 2 aromatic rings. The summed E-state index contributed by atoms with van der Waals surface area (Å²) in [5, 5.41) is 6.33. The minimum absolute atomic E-state index is 0.109. The van der Waals surface area contributed by atoms with E-state index < -0.39 is 0 Å². The number of anilines is 1. The third-order valence-corrected chi connectivity index (χ3v) is 4.27. The second kappa shape index (κ2) is 7.45. The zero-order valence-electron chi connectivity index (χ0n) is 14.3. The van der Waals surface area contributed by atoms with Crippen LogP contribution >= 0.6 is 0 Å². The van der Waals surface area contributed by atoms with Gasteiger partial charge in [-0.05, 0) is 43.2 Å². The lowest BCUT2D eigenvalue weighted by molar-refractivity contribution is -0.124. The van der Waals surface area contributed by atoms with E-state index in [0.717, 1.165) is 43.3 Å². The van der Waals surface area contributed by atoms with Crippen molar-refractivity contribution in [2.24, 2.45) is 0 Å². The molecule has 1 aromatic carbocycles. The first-order chi connectivity index (χ1) is 11.6. The topological polar surface area (TPSA) is 57.3 Å². The van der Waals surface area contributed by atoms with Gasteiger partial charge in [-0.15, -0.1) is 0 Å². The zero-order chi connectivity index (χ0) is 16.9. The van der Waals surface area contributed by atoms with Crippen LogP contribution in [0.5, 0.6) is 0 Å². The van der Waals surface area contributed by atoms with E-state index in [-0.39, 0.29) is 5.91 Å². The molecule has 126 valence electrons. The van der Waals surface area contributed by atoms with Crippen molar-refractivity contribution in [3.63, 3.8) is 0 Å². The number of aromatic nitrogens is 1. The molecule has 1 amide bonds. The molecule has 5 nitrogen and oxygen atoms in total. The fourth-order valence-electron chi connectivity index (χ4n) is 2.96. The molecule has 0 saturated carbocycles. The Balaban J connectivity index is 1.61. The number of piperazine rings is 1. The summed E-state index contributed by atoms with van der Waals surface area (Å²) in [5.41, 5.74) is 5.63. The van der Waals surface area contributed by atoms with E-state index in [2.05, 4.69) is 50.8 Å². The minimum atomic E-state index is 0.109. The van der Waals surface area contributed by atoms with Crippen LogP contribution in [0, 0.1) is 13.8 Å². The average molecular weight is 324 g/mol. The van der Waals surface area contributed by atoms with E-state index in [0.29, 0.717) is 6.54 Å². The van der Waals surface area contributed by atoms with Crippen molar-refractivity contribution in [3.8, 4) is 0 Å². The first kappa shape index (κ1) is 16.5. The number of nitrogens with one attached hydrogen (secondary N) is 2. The smallest absolute Gasteiger partial charge is 0.234 e. The summed E-state index contributed by atoms with van der Waals surface area (Å²) < 4.78 is 0. The molecule has 3 rings (SSSR count). The highest BCUT2D eigenvalue weighted by Crippen LogP contribution is 2.15. The van der Waals surface area contributed by atoms with Crippen LogP contribution in [0.4, 0.5) is 5.69 Å². The number of hydrogen-bond acceptors (Lipinski definition) is 4. The van der Waals surface area contributed by atoms with Gasteiger partial charge in [0.05, 0.1) is 6.54 Å². The molecule has 1 aliphatic heterocycles. The van der Waals surface area contributed by atoms with Gasteiger partial charge >= 0.3 is 0 Å². The second-order valence-electron chi connectivity index (χ2n) is 6.31. The maximum atomic E-state index is 11.5. The molecule has 0 aliphatic carbocycles. The highest BCUT2D eigenvalue weighted by atomic mass is 16.2. The fraction of sp³-hybridized carbons (Fsp3) is 0.368. The Morgan fingerprint density at radius 2 is 2.12 bits per heavy atom. The maximum Gasteiger partial charge on any atom is 0.234 e. The Morgan fingerprint density at radius 1 is 1.25 bits per heavy atom. The van der Waals surface area contributed by atoms with Crippen molar-refractivity contribution in [2.45, 2.75) is 26.9 Å². The lowest BCUT2D eigenvalue weighted by atomic mass is 10.1. The number of pyridine rings is 1. The van der Waals surface area contributed by atoms with Crippen LogP contribution in [0.15, 0.2) is 36.4 Å². The largest absolute Gasteiger partial charge is 0.381 e. The van der Waals surface area contributed by atoms with Crippen molar-refractivity contribution in [3.05, 3.63) is 58.9 Å². The Kier molecular flexibility index (Phi) is 5.11. The summed E-state index contributed by atoms with van der Waals surface area (Å²) in [5.74, 6) is 0.109. The van der Waals surface area contributed by atoms with E-state index in [9.17, 15) is 4.79 Å². The van der Waals surface area contributed by atoms with Gasteiger partial charge < -0.3 is 10.6 Å². The molecule has 1 fully saturated rings. The molecule has 2 heterocycles. The van der Waals surface area contributed by atoms with E-state index in [1.54, 1.807) is 0 Å². The summed E-state index contributed by atoms with van der Waals surface area (Å²) >= 11 is 0. The molecule has 0 unspecified atom stereocenters. The van der Waals surface area contributed by atoms with Gasteiger partial charge in [-0.3, -0.25) is 14.7 Å². The van der Waals surface area contributed by atoms with Gasteiger partial charge in [-0.2, -0.15) is 0 Å². The molecule has 1 aromatic heterocycles. The molecule has 5 heteroatoms. The predicted molar refractivity (Wildman–Crippen MR) is 95.8 cm³/mol. The van der Waals surface area contributed by atoms with Crippen LogP contribution < -0.4 is 10.6 Å². The molecule has 0 bridgehead atoms. The van der Waals surface area contributed by atoms with Crippen molar-refractivity contribution >= 4 is 11.6 Å². The van der Waals surface area contributed by atoms with Crippen LogP contribution in [0.3, 0.4) is 0 Å². The van der Waals surface area contributed by atoms with Gasteiger partial charge in [0.2, 0.25) is 5.91 Å². The van der Waals surface area contributed by atoms with Crippen LogP contribution in [0.1, 0.15) is 22.5 Å².